The molecule has 0 saturated heterocycles. The molecule has 2 heteroatoms. The van der Waals surface area contributed by atoms with Gasteiger partial charge < -0.3 is 10.1 Å². The molecule has 0 aromatic heterocycles. The van der Waals surface area contributed by atoms with Crippen molar-refractivity contribution in [2.24, 2.45) is 0 Å². The van der Waals surface area contributed by atoms with Crippen molar-refractivity contribution in [2.75, 3.05) is 5.32 Å². The normalized spacial score (nSPS) is 18.3. The van der Waals surface area contributed by atoms with Crippen LogP contribution >= 0.6 is 0 Å². The predicted molar refractivity (Wildman–Crippen MR) is 62.2 cm³/mol. The number of anilines is 1. The molecular weight excluding hydrogens is 186 g/mol. The van der Waals surface area contributed by atoms with Crippen molar-refractivity contribution in [3.05, 3.63) is 29.3 Å². The van der Waals surface area contributed by atoms with Crippen molar-refractivity contribution >= 4 is 12.0 Å². The van der Waals surface area contributed by atoms with Gasteiger partial charge in [-0.2, -0.15) is 0 Å². The third-order valence-electron chi connectivity index (χ3n) is 2.92. The molecule has 0 spiro atoms. The second-order valence-corrected chi connectivity index (χ2v) is 4.26. The number of unbranched alkanes of at least 4 members (excludes halogenated alkanes) is 1. The van der Waals surface area contributed by atoms with E-state index in [0.717, 1.165) is 25.5 Å². The molecule has 80 valence electrons. The molecule has 0 aliphatic carbocycles. The summed E-state index contributed by atoms with van der Waals surface area (Å²) in [4.78, 5) is 10.3. The van der Waals surface area contributed by atoms with Crippen LogP contribution in [0.1, 0.15) is 30.9 Å². The summed E-state index contributed by atoms with van der Waals surface area (Å²) >= 11 is 0. The molecule has 0 saturated carbocycles. The number of nitrogens with one attached hydrogen (secondary N) is 1. The summed E-state index contributed by atoms with van der Waals surface area (Å²) in [6.45, 7) is 2.20. The lowest BCUT2D eigenvalue weighted by molar-refractivity contribution is -0.107. The number of aldehydes is 1. The van der Waals surface area contributed by atoms with Crippen molar-refractivity contribution in [3.63, 3.8) is 0 Å². The van der Waals surface area contributed by atoms with Crippen LogP contribution in [-0.2, 0) is 17.6 Å². The molecule has 1 atom stereocenters. The molecule has 0 bridgehead atoms. The molecule has 15 heavy (non-hydrogen) atoms. The van der Waals surface area contributed by atoms with Crippen LogP contribution in [-0.4, -0.2) is 12.3 Å². The maximum Gasteiger partial charge on any atom is 0.120 e. The van der Waals surface area contributed by atoms with Gasteiger partial charge in [0.25, 0.3) is 0 Å². The van der Waals surface area contributed by atoms with Gasteiger partial charge in [0.05, 0.1) is 0 Å². The van der Waals surface area contributed by atoms with E-state index in [9.17, 15) is 4.79 Å². The van der Waals surface area contributed by atoms with E-state index in [2.05, 4.69) is 30.4 Å². The Morgan fingerprint density at radius 3 is 3.20 bits per heavy atom. The molecule has 0 radical (unpaired) electrons. The number of benzene rings is 1. The van der Waals surface area contributed by atoms with Crippen LogP contribution in [0, 0.1) is 0 Å². The Hall–Kier alpha value is -1.31. The van der Waals surface area contributed by atoms with Crippen molar-refractivity contribution < 1.29 is 4.79 Å². The first-order valence-corrected chi connectivity index (χ1v) is 5.62. The van der Waals surface area contributed by atoms with Gasteiger partial charge in [-0.05, 0) is 37.3 Å². The fourth-order valence-electron chi connectivity index (χ4n) is 2.22. The summed E-state index contributed by atoms with van der Waals surface area (Å²) in [5.74, 6) is 0. The maximum atomic E-state index is 10.3. The first-order chi connectivity index (χ1) is 7.31. The number of fused-ring (bicyclic) bond motifs is 1. The van der Waals surface area contributed by atoms with E-state index in [0.29, 0.717) is 12.5 Å². The molecule has 1 aromatic rings. The lowest BCUT2D eigenvalue weighted by Gasteiger charge is -2.09. The van der Waals surface area contributed by atoms with E-state index >= 15 is 0 Å². The van der Waals surface area contributed by atoms with E-state index in [4.69, 9.17) is 0 Å². The van der Waals surface area contributed by atoms with Crippen molar-refractivity contribution in [1.82, 2.24) is 0 Å². The highest BCUT2D eigenvalue weighted by Crippen LogP contribution is 2.30. The van der Waals surface area contributed by atoms with Gasteiger partial charge in [0.2, 0.25) is 0 Å². The Labute approximate surface area is 90.7 Å². The van der Waals surface area contributed by atoms with E-state index in [1.165, 1.54) is 16.8 Å². The van der Waals surface area contributed by atoms with Gasteiger partial charge in [-0.1, -0.05) is 18.2 Å². The quantitative estimate of drug-likeness (QED) is 0.602. The van der Waals surface area contributed by atoms with Gasteiger partial charge >= 0.3 is 0 Å². The van der Waals surface area contributed by atoms with E-state index in [-0.39, 0.29) is 0 Å². The molecule has 1 aliphatic rings. The molecule has 1 N–H and O–H groups in total. The van der Waals surface area contributed by atoms with E-state index in [1.54, 1.807) is 0 Å². The van der Waals surface area contributed by atoms with Crippen LogP contribution in [0.4, 0.5) is 5.69 Å². The van der Waals surface area contributed by atoms with Gasteiger partial charge in [0.1, 0.15) is 6.29 Å². The lowest BCUT2D eigenvalue weighted by atomic mass is 10.0. The Morgan fingerprint density at radius 2 is 2.40 bits per heavy atom. The second-order valence-electron chi connectivity index (χ2n) is 4.26. The Balaban J connectivity index is 2.12. The van der Waals surface area contributed by atoms with Crippen LogP contribution in [0.5, 0.6) is 0 Å². The minimum Gasteiger partial charge on any atom is -0.382 e. The molecule has 1 unspecified atom stereocenters. The third kappa shape index (κ3) is 2.20. The van der Waals surface area contributed by atoms with E-state index < -0.39 is 0 Å². The zero-order chi connectivity index (χ0) is 10.7. The Bertz CT molecular complexity index is 360. The van der Waals surface area contributed by atoms with E-state index in [1.807, 2.05) is 0 Å². The average molecular weight is 203 g/mol. The molecule has 0 fully saturated rings. The Kier molecular flexibility index (Phi) is 3.05. The SMILES string of the molecule is CC1Cc2cccc(CCCC=O)c2N1. The molecule has 1 aliphatic heterocycles. The number of rotatable bonds is 4. The monoisotopic (exact) mass is 203 g/mol. The number of para-hydroxylation sites is 1. The number of carbonyl (C=O) groups excluding carboxylic acids is 1. The topological polar surface area (TPSA) is 29.1 Å². The lowest BCUT2D eigenvalue weighted by Crippen LogP contribution is -2.09. The Morgan fingerprint density at radius 1 is 1.53 bits per heavy atom. The minimum atomic E-state index is 0.548. The fraction of sp³-hybridized carbons (Fsp3) is 0.462. The predicted octanol–water partition coefficient (Wildman–Crippen LogP) is 2.56. The molecule has 1 aromatic carbocycles. The maximum absolute atomic E-state index is 10.3. The van der Waals surface area contributed by atoms with Crippen LogP contribution in [0.3, 0.4) is 0 Å². The van der Waals surface area contributed by atoms with Crippen LogP contribution in [0.15, 0.2) is 18.2 Å². The number of carbonyl (C=O) groups is 1. The number of aryl methyl sites for hydroxylation is 1. The summed E-state index contributed by atoms with van der Waals surface area (Å²) in [7, 11) is 0. The first-order valence-electron chi connectivity index (χ1n) is 5.62. The summed E-state index contributed by atoms with van der Waals surface area (Å²) in [6.07, 6.45) is 4.74. The molecule has 0 amide bonds. The van der Waals surface area contributed by atoms with Gasteiger partial charge in [-0.25, -0.2) is 0 Å². The van der Waals surface area contributed by atoms with Crippen LogP contribution in [0.2, 0.25) is 0 Å². The largest absolute Gasteiger partial charge is 0.382 e. The standard InChI is InChI=1S/C13H17NO/c1-10-9-12-7-4-6-11(13(12)14-10)5-2-3-8-15/h4,6-8,10,14H,2-3,5,9H2,1H3. The van der Waals surface area contributed by atoms with Crippen LogP contribution in [0.25, 0.3) is 0 Å². The van der Waals surface area contributed by atoms with Crippen molar-refractivity contribution in [2.45, 2.75) is 38.6 Å². The zero-order valence-corrected chi connectivity index (χ0v) is 9.12. The van der Waals surface area contributed by atoms with Crippen LogP contribution < -0.4 is 5.32 Å². The summed E-state index contributed by atoms with van der Waals surface area (Å²) < 4.78 is 0. The smallest absolute Gasteiger partial charge is 0.120 e. The highest BCUT2D eigenvalue weighted by Gasteiger charge is 2.18. The molecular formula is C13H17NO. The fourth-order valence-corrected chi connectivity index (χ4v) is 2.22. The first kappa shape index (κ1) is 10.2. The van der Waals surface area contributed by atoms with Crippen molar-refractivity contribution in [3.8, 4) is 0 Å². The van der Waals surface area contributed by atoms with Gasteiger partial charge in [-0.3, -0.25) is 0 Å². The van der Waals surface area contributed by atoms with Gasteiger partial charge in [0, 0.05) is 18.2 Å². The second kappa shape index (κ2) is 4.47. The molecule has 2 rings (SSSR count). The van der Waals surface area contributed by atoms with Gasteiger partial charge in [-0.15, -0.1) is 0 Å². The highest BCUT2D eigenvalue weighted by atomic mass is 16.1. The minimum absolute atomic E-state index is 0.548. The summed E-state index contributed by atoms with van der Waals surface area (Å²) in [6, 6.07) is 7.02. The van der Waals surface area contributed by atoms with Crippen molar-refractivity contribution in [1.29, 1.82) is 0 Å². The average Bonchev–Trinajstić information content (AvgIpc) is 2.59. The molecule has 1 heterocycles. The summed E-state index contributed by atoms with van der Waals surface area (Å²) in [5, 5.41) is 3.50. The van der Waals surface area contributed by atoms with Gasteiger partial charge in [0.15, 0.2) is 0 Å². The highest BCUT2D eigenvalue weighted by molar-refractivity contribution is 5.62. The summed E-state index contributed by atoms with van der Waals surface area (Å²) in [5.41, 5.74) is 4.10. The zero-order valence-electron chi connectivity index (χ0n) is 9.12. The third-order valence-corrected chi connectivity index (χ3v) is 2.92. The molecule has 2 nitrogen and oxygen atoms in total. The number of hydrogen-bond acceptors (Lipinski definition) is 2. The number of hydrogen-bond donors (Lipinski definition) is 1.